The largest absolute Gasteiger partial charge is 0.398 e. The monoisotopic (exact) mass is 258 g/mol. The highest BCUT2D eigenvalue weighted by molar-refractivity contribution is 9.18. The number of rotatable bonds is 3. The molecule has 0 saturated carbocycles. The second kappa shape index (κ2) is 4.71. The van der Waals surface area contributed by atoms with Crippen LogP contribution in [-0.4, -0.2) is 16.7 Å². The Morgan fingerprint density at radius 1 is 1.50 bits per heavy atom. The minimum absolute atomic E-state index is 0.0477. The zero-order valence-corrected chi connectivity index (χ0v) is 8.89. The second-order valence-electron chi connectivity index (χ2n) is 2.37. The minimum atomic E-state index is -0.453. The maximum atomic E-state index is 10.3. The molecule has 1 rings (SSSR count). The third-order valence-corrected chi connectivity index (χ3v) is 2.09. The van der Waals surface area contributed by atoms with E-state index >= 15 is 0 Å². The van der Waals surface area contributed by atoms with Gasteiger partial charge in [0, 0.05) is 17.7 Å². The molecule has 0 saturated heterocycles. The number of oxime groups is 1. The Morgan fingerprint density at radius 2 is 2.07 bits per heavy atom. The van der Waals surface area contributed by atoms with E-state index in [0.717, 1.165) is 5.56 Å². The standard InChI is InChI=1S/C8H7BrN2O3/c1-14-10-8(9)6-2-4-7(5-3-6)11(12)13/h2-5H,1H3/b10-8+. The number of hydrogen-bond acceptors (Lipinski definition) is 4. The molecule has 6 heteroatoms. The summed E-state index contributed by atoms with van der Waals surface area (Å²) < 4.78 is 0.495. The zero-order valence-electron chi connectivity index (χ0n) is 7.31. The van der Waals surface area contributed by atoms with Crippen molar-refractivity contribution >= 4 is 26.2 Å². The zero-order chi connectivity index (χ0) is 10.6. The van der Waals surface area contributed by atoms with Crippen LogP contribution in [0.15, 0.2) is 29.4 Å². The maximum Gasteiger partial charge on any atom is 0.269 e. The van der Waals surface area contributed by atoms with Crippen molar-refractivity contribution < 1.29 is 9.76 Å². The molecule has 0 heterocycles. The maximum absolute atomic E-state index is 10.3. The fourth-order valence-corrected chi connectivity index (χ4v) is 1.26. The van der Waals surface area contributed by atoms with E-state index < -0.39 is 4.92 Å². The molecule has 5 nitrogen and oxygen atoms in total. The van der Waals surface area contributed by atoms with Crippen LogP contribution in [0.5, 0.6) is 0 Å². The van der Waals surface area contributed by atoms with E-state index in [-0.39, 0.29) is 5.69 Å². The average molecular weight is 259 g/mol. The van der Waals surface area contributed by atoms with Crippen LogP contribution in [-0.2, 0) is 4.84 Å². The summed E-state index contributed by atoms with van der Waals surface area (Å²) in [6.07, 6.45) is 0. The molecule has 1 aromatic rings. The topological polar surface area (TPSA) is 64.7 Å². The predicted molar refractivity (Wildman–Crippen MR) is 55.6 cm³/mol. The highest BCUT2D eigenvalue weighted by atomic mass is 79.9. The highest BCUT2D eigenvalue weighted by Gasteiger charge is 2.05. The molecular formula is C8H7BrN2O3. The van der Waals surface area contributed by atoms with Gasteiger partial charge in [0.2, 0.25) is 0 Å². The summed E-state index contributed by atoms with van der Waals surface area (Å²) >= 11 is 3.16. The van der Waals surface area contributed by atoms with Gasteiger partial charge in [-0.25, -0.2) is 0 Å². The van der Waals surface area contributed by atoms with Gasteiger partial charge in [-0.1, -0.05) is 5.16 Å². The van der Waals surface area contributed by atoms with E-state index in [1.54, 1.807) is 12.1 Å². The molecule has 0 amide bonds. The van der Waals surface area contributed by atoms with Crippen molar-refractivity contribution in [3.8, 4) is 0 Å². The molecule has 74 valence electrons. The van der Waals surface area contributed by atoms with Crippen LogP contribution in [0.25, 0.3) is 0 Å². The lowest BCUT2D eigenvalue weighted by Gasteiger charge is -1.97. The number of non-ortho nitro benzene ring substituents is 1. The summed E-state index contributed by atoms with van der Waals surface area (Å²) in [6.45, 7) is 0. The van der Waals surface area contributed by atoms with Crippen LogP contribution >= 0.6 is 15.9 Å². The first kappa shape index (κ1) is 10.6. The van der Waals surface area contributed by atoms with Gasteiger partial charge in [0.1, 0.15) is 7.11 Å². The third kappa shape index (κ3) is 2.53. The van der Waals surface area contributed by atoms with Crippen molar-refractivity contribution in [2.75, 3.05) is 7.11 Å². The summed E-state index contributed by atoms with van der Waals surface area (Å²) in [5, 5.41) is 14.0. The molecule has 0 radical (unpaired) electrons. The Hall–Kier alpha value is -1.43. The molecular weight excluding hydrogens is 252 g/mol. The van der Waals surface area contributed by atoms with Crippen molar-refractivity contribution in [2.45, 2.75) is 0 Å². The van der Waals surface area contributed by atoms with Gasteiger partial charge in [-0.2, -0.15) is 0 Å². The summed E-state index contributed by atoms with van der Waals surface area (Å²) in [5.74, 6) is 0. The molecule has 0 fully saturated rings. The van der Waals surface area contributed by atoms with Crippen LogP contribution in [0.2, 0.25) is 0 Å². The molecule has 0 aliphatic heterocycles. The Balaban J connectivity index is 2.94. The van der Waals surface area contributed by atoms with Gasteiger partial charge in [0.25, 0.3) is 5.69 Å². The lowest BCUT2D eigenvalue weighted by atomic mass is 10.2. The number of nitro benzene ring substituents is 1. The van der Waals surface area contributed by atoms with Gasteiger partial charge in [-0.3, -0.25) is 10.1 Å². The quantitative estimate of drug-likeness (QED) is 0.475. The Labute approximate surface area is 88.6 Å². The Bertz CT molecular complexity index is 361. The van der Waals surface area contributed by atoms with Gasteiger partial charge >= 0.3 is 0 Å². The van der Waals surface area contributed by atoms with E-state index in [1.807, 2.05) is 0 Å². The Kier molecular flexibility index (Phi) is 3.58. The van der Waals surface area contributed by atoms with Gasteiger partial charge in [-0.15, -0.1) is 0 Å². The summed E-state index contributed by atoms with van der Waals surface area (Å²) in [5.41, 5.74) is 0.768. The highest BCUT2D eigenvalue weighted by Crippen LogP contribution is 2.14. The molecule has 0 unspecified atom stereocenters. The van der Waals surface area contributed by atoms with Gasteiger partial charge in [0.15, 0.2) is 4.62 Å². The summed E-state index contributed by atoms with van der Waals surface area (Å²) in [6, 6.07) is 5.99. The lowest BCUT2D eigenvalue weighted by molar-refractivity contribution is -0.384. The number of nitrogens with zero attached hydrogens (tertiary/aromatic N) is 2. The van der Waals surface area contributed by atoms with Crippen molar-refractivity contribution in [3.05, 3.63) is 39.9 Å². The molecule has 14 heavy (non-hydrogen) atoms. The minimum Gasteiger partial charge on any atom is -0.398 e. The van der Waals surface area contributed by atoms with Crippen molar-refractivity contribution in [1.82, 2.24) is 0 Å². The van der Waals surface area contributed by atoms with E-state index in [4.69, 9.17) is 0 Å². The predicted octanol–water partition coefficient (Wildman–Crippen LogP) is 2.30. The van der Waals surface area contributed by atoms with Gasteiger partial charge < -0.3 is 4.84 Å². The molecule has 0 N–H and O–H groups in total. The number of nitro groups is 1. The van der Waals surface area contributed by atoms with Crippen molar-refractivity contribution in [1.29, 1.82) is 0 Å². The van der Waals surface area contributed by atoms with Crippen LogP contribution in [0.1, 0.15) is 5.56 Å². The van der Waals surface area contributed by atoms with Crippen molar-refractivity contribution in [3.63, 3.8) is 0 Å². The van der Waals surface area contributed by atoms with Crippen LogP contribution in [0.4, 0.5) is 5.69 Å². The first-order valence-corrected chi connectivity index (χ1v) is 4.46. The van der Waals surface area contributed by atoms with Crippen LogP contribution in [0, 0.1) is 10.1 Å². The SMILES string of the molecule is CO/N=C(/Br)c1ccc([N+](=O)[O-])cc1. The molecule has 0 aromatic heterocycles. The Morgan fingerprint density at radius 3 is 2.50 bits per heavy atom. The van der Waals surface area contributed by atoms with Crippen molar-refractivity contribution in [2.24, 2.45) is 5.16 Å². The van der Waals surface area contributed by atoms with E-state index in [9.17, 15) is 10.1 Å². The van der Waals surface area contributed by atoms with E-state index in [1.165, 1.54) is 19.2 Å². The molecule has 0 aliphatic carbocycles. The first-order chi connectivity index (χ1) is 6.65. The van der Waals surface area contributed by atoms with Gasteiger partial charge in [0.05, 0.1) is 4.92 Å². The summed E-state index contributed by atoms with van der Waals surface area (Å²) in [7, 11) is 1.42. The number of halogens is 1. The van der Waals surface area contributed by atoms with E-state index in [0.29, 0.717) is 4.62 Å². The lowest BCUT2D eigenvalue weighted by Crippen LogP contribution is -1.93. The average Bonchev–Trinajstić information content (AvgIpc) is 2.18. The molecule has 0 spiro atoms. The smallest absolute Gasteiger partial charge is 0.269 e. The number of hydrogen-bond donors (Lipinski definition) is 0. The molecule has 0 aliphatic rings. The van der Waals surface area contributed by atoms with E-state index in [2.05, 4.69) is 25.9 Å². The first-order valence-electron chi connectivity index (χ1n) is 3.66. The second-order valence-corrected chi connectivity index (χ2v) is 3.12. The molecule has 1 aromatic carbocycles. The molecule has 0 bridgehead atoms. The normalized spacial score (nSPS) is 11.1. The fourth-order valence-electron chi connectivity index (χ4n) is 0.854. The van der Waals surface area contributed by atoms with Gasteiger partial charge in [-0.05, 0) is 28.1 Å². The summed E-state index contributed by atoms with van der Waals surface area (Å²) in [4.78, 5) is 14.4. The van der Waals surface area contributed by atoms with Crippen LogP contribution < -0.4 is 0 Å². The third-order valence-electron chi connectivity index (χ3n) is 1.49. The van der Waals surface area contributed by atoms with Crippen LogP contribution in [0.3, 0.4) is 0 Å². The molecule has 0 atom stereocenters. The number of benzene rings is 1. The fraction of sp³-hybridized carbons (Fsp3) is 0.125.